The molecule has 53 heavy (non-hydrogen) atoms. The molecule has 5 rings (SSSR count). The quantitative estimate of drug-likeness (QED) is 0.108. The molecule has 3 aromatic carbocycles. The Morgan fingerprint density at radius 2 is 1.81 bits per heavy atom. The molecule has 4 aromatic rings. The van der Waals surface area contributed by atoms with Gasteiger partial charge < -0.3 is 25.6 Å². The van der Waals surface area contributed by atoms with Crippen LogP contribution in [0, 0.1) is 17.1 Å². The van der Waals surface area contributed by atoms with E-state index >= 15 is 0 Å². The molecule has 10 nitrogen and oxygen atoms in total. The van der Waals surface area contributed by atoms with Crippen molar-refractivity contribution < 1.29 is 28.3 Å². The summed E-state index contributed by atoms with van der Waals surface area (Å²) in [4.78, 5) is 56.0. The molecule has 1 aromatic heterocycles. The Morgan fingerprint density at radius 3 is 2.49 bits per heavy atom. The first kappa shape index (κ1) is 39.1. The number of rotatable bonds is 10. The van der Waals surface area contributed by atoms with Crippen LogP contribution in [0.25, 0.3) is 6.08 Å². The van der Waals surface area contributed by atoms with Gasteiger partial charge in [-0.2, -0.15) is 5.26 Å². The van der Waals surface area contributed by atoms with Crippen LogP contribution in [0.3, 0.4) is 0 Å². The van der Waals surface area contributed by atoms with E-state index in [2.05, 4.69) is 22.0 Å². The van der Waals surface area contributed by atoms with Crippen molar-refractivity contribution in [3.05, 3.63) is 116 Å². The zero-order valence-corrected chi connectivity index (χ0v) is 31.8. The van der Waals surface area contributed by atoms with Crippen LogP contribution >= 0.6 is 34.7 Å². The predicted molar refractivity (Wildman–Crippen MR) is 206 cm³/mol. The van der Waals surface area contributed by atoms with Gasteiger partial charge in [0.15, 0.2) is 0 Å². The van der Waals surface area contributed by atoms with Crippen LogP contribution in [0.4, 0.5) is 19.9 Å². The third kappa shape index (κ3) is 10.0. The molecule has 0 bridgehead atoms. The number of carbonyl (C=O) groups is 4. The Labute approximate surface area is 320 Å². The number of fused-ring (bicyclic) bond motifs is 1. The minimum absolute atomic E-state index is 0.0546. The van der Waals surface area contributed by atoms with Crippen molar-refractivity contribution in [3.63, 3.8) is 0 Å². The summed E-state index contributed by atoms with van der Waals surface area (Å²) in [6, 6.07) is 21.4. The van der Waals surface area contributed by atoms with Gasteiger partial charge in [0.1, 0.15) is 28.2 Å². The molecule has 0 fully saturated rings. The lowest BCUT2D eigenvalue weighted by molar-refractivity contribution is -0.116. The fourth-order valence-corrected chi connectivity index (χ4v) is 7.80. The maximum atomic E-state index is 14.7. The van der Waals surface area contributed by atoms with Crippen molar-refractivity contribution in [1.82, 2.24) is 10.2 Å². The van der Waals surface area contributed by atoms with Crippen molar-refractivity contribution in [3.8, 4) is 6.07 Å². The van der Waals surface area contributed by atoms with Crippen molar-refractivity contribution >= 4 is 75.3 Å². The highest BCUT2D eigenvalue weighted by molar-refractivity contribution is 8.00. The number of halogens is 2. The molecular weight excluding hydrogens is 737 g/mol. The van der Waals surface area contributed by atoms with Crippen LogP contribution in [0.1, 0.15) is 66.0 Å². The normalized spacial score (nSPS) is 13.3. The Kier molecular flexibility index (Phi) is 12.6. The van der Waals surface area contributed by atoms with Crippen molar-refractivity contribution in [2.24, 2.45) is 0 Å². The lowest BCUT2D eigenvalue weighted by Crippen LogP contribution is -2.39. The number of carbonyl (C=O) groups excluding carboxylic acids is 4. The van der Waals surface area contributed by atoms with Crippen LogP contribution in [-0.2, 0) is 27.3 Å². The van der Waals surface area contributed by atoms with Gasteiger partial charge in [0.25, 0.3) is 11.8 Å². The topological polar surface area (TPSA) is 141 Å². The molecule has 3 N–H and O–H groups in total. The van der Waals surface area contributed by atoms with Gasteiger partial charge >= 0.3 is 6.09 Å². The molecule has 1 atom stereocenters. The van der Waals surface area contributed by atoms with Gasteiger partial charge in [0.2, 0.25) is 5.91 Å². The molecule has 1 aliphatic rings. The molecular formula is C39H37ClFN5O5S2. The Morgan fingerprint density at radius 1 is 1.08 bits per heavy atom. The number of hydrogen-bond donors (Lipinski definition) is 3. The number of benzene rings is 3. The van der Waals surface area contributed by atoms with Crippen LogP contribution in [0.2, 0.25) is 5.02 Å². The summed E-state index contributed by atoms with van der Waals surface area (Å²) in [5, 5.41) is 18.2. The fraction of sp³-hybridized carbons (Fsp3) is 0.256. The van der Waals surface area contributed by atoms with Crippen LogP contribution in [0.15, 0.2) is 83.4 Å². The van der Waals surface area contributed by atoms with Crippen LogP contribution < -0.4 is 16.0 Å². The minimum atomic E-state index is -0.725. The molecule has 0 aliphatic carbocycles. The molecule has 0 saturated heterocycles. The van der Waals surface area contributed by atoms with E-state index in [1.807, 2.05) is 6.92 Å². The van der Waals surface area contributed by atoms with Gasteiger partial charge in [0.05, 0.1) is 22.4 Å². The average molecular weight is 774 g/mol. The average Bonchev–Trinajstić information content (AvgIpc) is 3.47. The zero-order chi connectivity index (χ0) is 38.3. The van der Waals surface area contributed by atoms with Crippen molar-refractivity contribution in [2.75, 3.05) is 17.2 Å². The molecule has 0 radical (unpaired) electrons. The zero-order valence-electron chi connectivity index (χ0n) is 29.4. The standard InChI is InChI=1S/C39H37ClFN5O5S2/c1-5-32(36(49)45-37-28(21-42)26-17-18-46(22-33(26)53-37)38(50)51-39(2,3)4)52-25-14-9-13-24(19-25)43-35(48)31(20-27-29(40)15-10-16-30(27)41)44-34(47)23-11-7-6-8-12-23/h6-16,19-20,32H,5,17-18,22H2,1-4H3,(H,43,48)(H,44,47)(H,45,49)/b31-20+. The van der Waals surface area contributed by atoms with Gasteiger partial charge in [-0.25, -0.2) is 9.18 Å². The molecule has 1 aliphatic heterocycles. The van der Waals surface area contributed by atoms with E-state index in [0.29, 0.717) is 46.1 Å². The molecule has 14 heteroatoms. The summed E-state index contributed by atoms with van der Waals surface area (Å²) in [5.74, 6) is -2.28. The molecule has 0 spiro atoms. The number of thioether (sulfide) groups is 1. The maximum Gasteiger partial charge on any atom is 0.410 e. The number of amides is 4. The largest absolute Gasteiger partial charge is 0.444 e. The van der Waals surface area contributed by atoms with E-state index in [-0.39, 0.29) is 28.7 Å². The first-order chi connectivity index (χ1) is 25.3. The first-order valence-corrected chi connectivity index (χ1v) is 18.8. The summed E-state index contributed by atoms with van der Waals surface area (Å²) >= 11 is 8.79. The highest BCUT2D eigenvalue weighted by Gasteiger charge is 2.31. The number of nitrogens with one attached hydrogen (secondary N) is 3. The maximum absolute atomic E-state index is 14.7. The lowest BCUT2D eigenvalue weighted by Gasteiger charge is -2.29. The third-order valence-electron chi connectivity index (χ3n) is 7.91. The van der Waals surface area contributed by atoms with E-state index in [1.165, 1.54) is 47.4 Å². The van der Waals surface area contributed by atoms with Gasteiger partial charge in [-0.3, -0.25) is 14.4 Å². The van der Waals surface area contributed by atoms with E-state index in [4.69, 9.17) is 16.3 Å². The summed E-state index contributed by atoms with van der Waals surface area (Å²) in [6.07, 6.45) is 1.67. The molecule has 2 heterocycles. The second-order valence-electron chi connectivity index (χ2n) is 13.0. The number of anilines is 2. The second-order valence-corrected chi connectivity index (χ2v) is 15.8. The highest BCUT2D eigenvalue weighted by Crippen LogP contribution is 2.38. The van der Waals surface area contributed by atoms with E-state index in [1.54, 1.807) is 80.3 Å². The van der Waals surface area contributed by atoms with Gasteiger partial charge in [-0.1, -0.05) is 48.9 Å². The smallest absolute Gasteiger partial charge is 0.410 e. The van der Waals surface area contributed by atoms with Gasteiger partial charge in [0, 0.05) is 33.1 Å². The fourth-order valence-electron chi connectivity index (χ4n) is 5.35. The van der Waals surface area contributed by atoms with Crippen molar-refractivity contribution in [2.45, 2.75) is 62.8 Å². The van der Waals surface area contributed by atoms with E-state index < -0.39 is 34.6 Å². The Bertz CT molecular complexity index is 2090. The number of nitrogens with zero attached hydrogens (tertiary/aromatic N) is 2. The number of hydrogen-bond acceptors (Lipinski definition) is 8. The molecule has 0 saturated carbocycles. The molecule has 1 unspecified atom stereocenters. The first-order valence-electron chi connectivity index (χ1n) is 16.7. The van der Waals surface area contributed by atoms with E-state index in [9.17, 15) is 28.8 Å². The summed E-state index contributed by atoms with van der Waals surface area (Å²) in [7, 11) is 0. The number of thiophene rings is 1. The highest BCUT2D eigenvalue weighted by atomic mass is 35.5. The molecule has 274 valence electrons. The monoisotopic (exact) mass is 773 g/mol. The van der Waals surface area contributed by atoms with Crippen LogP contribution in [0.5, 0.6) is 0 Å². The van der Waals surface area contributed by atoms with Gasteiger partial charge in [-0.15, -0.1) is 23.1 Å². The Balaban J connectivity index is 1.30. The Hall–Kier alpha value is -5.16. The SMILES string of the molecule is CCC(Sc1cccc(NC(=O)/C(=C\c2c(F)cccc2Cl)NC(=O)c2ccccc2)c1)C(=O)Nc1sc2c(c1C#N)CCN(C(=O)OC(C)(C)C)C2. The molecule has 4 amide bonds. The number of nitriles is 1. The summed E-state index contributed by atoms with van der Waals surface area (Å²) in [5.41, 5.74) is 0.924. The number of ether oxygens (including phenoxy) is 1. The third-order valence-corrected chi connectivity index (χ3v) is 10.7. The van der Waals surface area contributed by atoms with Crippen LogP contribution in [-0.4, -0.2) is 46.1 Å². The summed E-state index contributed by atoms with van der Waals surface area (Å²) < 4.78 is 20.2. The van der Waals surface area contributed by atoms with E-state index in [0.717, 1.165) is 10.4 Å². The minimum Gasteiger partial charge on any atom is -0.444 e. The van der Waals surface area contributed by atoms with Gasteiger partial charge in [-0.05, 0) is 87.7 Å². The lowest BCUT2D eigenvalue weighted by atomic mass is 10.0. The second kappa shape index (κ2) is 17.1. The van der Waals surface area contributed by atoms with Crippen molar-refractivity contribution in [1.29, 1.82) is 5.26 Å². The predicted octanol–water partition coefficient (Wildman–Crippen LogP) is 8.62. The summed E-state index contributed by atoms with van der Waals surface area (Å²) in [6.45, 7) is 7.95.